The molecule has 4 atom stereocenters. The van der Waals surface area contributed by atoms with Gasteiger partial charge >= 0.3 is 0 Å². The van der Waals surface area contributed by atoms with E-state index in [0.717, 1.165) is 25.0 Å². The molecule has 4 N–H and O–H groups in total. The predicted molar refractivity (Wildman–Crippen MR) is 157 cm³/mol. The molecule has 12 nitrogen and oxygen atoms in total. The number of fused-ring (bicyclic) bond motifs is 3. The van der Waals surface area contributed by atoms with E-state index >= 15 is 0 Å². The average molecular weight is 602 g/mol. The summed E-state index contributed by atoms with van der Waals surface area (Å²) in [6.45, 7) is 1.46. The minimum absolute atomic E-state index is 0.00109. The summed E-state index contributed by atoms with van der Waals surface area (Å²) in [5.74, 6) is -1.73. The zero-order valence-corrected chi connectivity index (χ0v) is 23.9. The van der Waals surface area contributed by atoms with Crippen LogP contribution >= 0.6 is 0 Å². The summed E-state index contributed by atoms with van der Waals surface area (Å²) < 4.78 is 35.3. The number of nitrogen functional groups attached to an aromatic ring is 1. The molecule has 2 saturated heterocycles. The molecule has 3 aliphatic heterocycles. The molecule has 0 aliphatic carbocycles. The number of nitrogens with two attached hydrogens (primary N) is 1. The van der Waals surface area contributed by atoms with Crippen LogP contribution in [0.2, 0.25) is 0 Å². The summed E-state index contributed by atoms with van der Waals surface area (Å²) in [4.78, 5) is 37.4. The number of hydrogen-bond acceptors (Lipinski definition) is 10. The van der Waals surface area contributed by atoms with Crippen molar-refractivity contribution in [1.82, 2.24) is 35.2 Å². The number of anilines is 1. The number of nitrogens with zero attached hydrogens (tertiary/aromatic N) is 6. The number of halogens is 2. The second-order valence-electron chi connectivity index (χ2n) is 11.3. The molecule has 3 aromatic heterocycles. The summed E-state index contributed by atoms with van der Waals surface area (Å²) >= 11 is 0. The van der Waals surface area contributed by atoms with Gasteiger partial charge < -0.3 is 20.7 Å². The molecule has 3 unspecified atom stereocenters. The molecule has 2 bridgehead atoms. The minimum Gasteiger partial charge on any atom is -0.494 e. The molecule has 226 valence electrons. The van der Waals surface area contributed by atoms with Crippen molar-refractivity contribution in [3.63, 3.8) is 0 Å². The fourth-order valence-electron chi connectivity index (χ4n) is 6.78. The van der Waals surface area contributed by atoms with E-state index < -0.39 is 17.8 Å². The van der Waals surface area contributed by atoms with Crippen LogP contribution in [0.25, 0.3) is 28.0 Å². The smallest absolute Gasteiger partial charge is 0.267 e. The number of piperidine rings is 1. The van der Waals surface area contributed by atoms with Gasteiger partial charge in [-0.15, -0.1) is 0 Å². The van der Waals surface area contributed by atoms with Gasteiger partial charge in [-0.2, -0.15) is 14.7 Å². The lowest BCUT2D eigenvalue weighted by molar-refractivity contribution is -0.138. The van der Waals surface area contributed by atoms with E-state index in [1.165, 1.54) is 31.1 Å². The lowest BCUT2D eigenvalue weighted by Crippen LogP contribution is -2.55. The van der Waals surface area contributed by atoms with Crippen molar-refractivity contribution in [2.24, 2.45) is 5.10 Å². The number of hydrogen-bond donors (Lipinski definition) is 3. The Labute approximate surface area is 250 Å². The summed E-state index contributed by atoms with van der Waals surface area (Å²) in [5.41, 5.74) is 12.2. The van der Waals surface area contributed by atoms with Crippen molar-refractivity contribution >= 4 is 29.5 Å². The van der Waals surface area contributed by atoms with Crippen molar-refractivity contribution in [3.05, 3.63) is 59.6 Å². The first kappa shape index (κ1) is 27.7. The monoisotopic (exact) mass is 601 g/mol. The quantitative estimate of drug-likeness (QED) is 0.283. The van der Waals surface area contributed by atoms with E-state index in [1.54, 1.807) is 18.3 Å². The Morgan fingerprint density at radius 2 is 1.84 bits per heavy atom. The van der Waals surface area contributed by atoms with Crippen LogP contribution in [-0.2, 0) is 4.79 Å². The third-order valence-electron chi connectivity index (χ3n) is 8.79. The van der Waals surface area contributed by atoms with Crippen molar-refractivity contribution in [1.29, 1.82) is 0 Å². The molecule has 4 aromatic rings. The molecule has 7 rings (SSSR count). The zero-order chi connectivity index (χ0) is 30.7. The Kier molecular flexibility index (Phi) is 6.63. The molecule has 0 radical (unpaired) electrons. The normalized spacial score (nSPS) is 22.2. The number of pyridine rings is 1. The van der Waals surface area contributed by atoms with E-state index in [9.17, 15) is 18.4 Å². The molecule has 0 spiro atoms. The Hall–Kier alpha value is -5.14. The number of hydrazone groups is 1. The van der Waals surface area contributed by atoms with Crippen molar-refractivity contribution < 1.29 is 23.1 Å². The van der Waals surface area contributed by atoms with Crippen LogP contribution in [0.5, 0.6) is 5.75 Å². The number of carbonyl (C=O) groups excluding carboxylic acids is 2. The number of benzene rings is 1. The van der Waals surface area contributed by atoms with Gasteiger partial charge in [-0.3, -0.25) is 20.0 Å². The maximum absolute atomic E-state index is 14.7. The zero-order valence-electron chi connectivity index (χ0n) is 23.9. The van der Waals surface area contributed by atoms with E-state index in [0.29, 0.717) is 40.9 Å². The average Bonchev–Trinajstić information content (AvgIpc) is 3.76. The second-order valence-corrected chi connectivity index (χ2v) is 11.3. The summed E-state index contributed by atoms with van der Waals surface area (Å²) in [6, 6.07) is 5.33. The predicted octanol–water partition coefficient (Wildman–Crippen LogP) is 3.23. The van der Waals surface area contributed by atoms with Gasteiger partial charge in [0.1, 0.15) is 18.0 Å². The van der Waals surface area contributed by atoms with Gasteiger partial charge in [0, 0.05) is 47.0 Å². The van der Waals surface area contributed by atoms with E-state index in [4.69, 9.17) is 15.5 Å². The highest BCUT2D eigenvalue weighted by Crippen LogP contribution is 2.45. The first-order valence-electron chi connectivity index (χ1n) is 14.3. The molecule has 6 heterocycles. The first-order chi connectivity index (χ1) is 21.2. The van der Waals surface area contributed by atoms with Crippen LogP contribution in [0.15, 0.2) is 41.8 Å². The standard InChI is InChI=1S/C30H29F2N9O3/c1-14(42)25-26(16-7-17-4-5-18(8-16)40(17)30(43)28-35-13-36-39-28)38-29-20(12-37-41(29)27(25)33)15-3-6-23(34-11-15)19-9-22(32)24(44-2)10-21(19)31/h3,6,9-13,16-18,28,39H,4-5,7-8,33H2,1-2H3,(H,35,36)/t16?,17-,18?,28?/m0/s1. The van der Waals surface area contributed by atoms with Crippen LogP contribution in [0.3, 0.4) is 0 Å². The number of nitrogens with one attached hydrogen (secondary N) is 2. The molecule has 0 saturated carbocycles. The van der Waals surface area contributed by atoms with Gasteiger partial charge in [-0.1, -0.05) is 6.07 Å². The molecule has 44 heavy (non-hydrogen) atoms. The Morgan fingerprint density at radius 3 is 2.48 bits per heavy atom. The molecule has 14 heteroatoms. The topological polar surface area (TPSA) is 152 Å². The molecule has 2 fully saturated rings. The van der Waals surface area contributed by atoms with Gasteiger partial charge in [0.15, 0.2) is 29.2 Å². The lowest BCUT2D eigenvalue weighted by Gasteiger charge is -2.40. The molecular formula is C30H29F2N9O3. The van der Waals surface area contributed by atoms with Crippen LogP contribution in [0.4, 0.5) is 14.6 Å². The van der Waals surface area contributed by atoms with E-state index in [1.807, 2.05) is 4.90 Å². The summed E-state index contributed by atoms with van der Waals surface area (Å²) in [6.07, 6.45) is 7.02. The Bertz CT molecular complexity index is 1820. The van der Waals surface area contributed by atoms with E-state index in [-0.39, 0.29) is 52.5 Å². The Morgan fingerprint density at radius 1 is 1.07 bits per heavy atom. The number of ether oxygens (including phenoxy) is 1. The minimum atomic E-state index is -0.699. The number of Topliss-reactive ketones (excluding diaryl/α,β-unsaturated/α-hetero) is 1. The fraction of sp³-hybridized carbons (Fsp3) is 0.333. The maximum Gasteiger partial charge on any atom is 0.267 e. The lowest BCUT2D eigenvalue weighted by atomic mass is 9.85. The maximum atomic E-state index is 14.7. The Balaban J connectivity index is 1.23. The van der Waals surface area contributed by atoms with Gasteiger partial charge in [0.2, 0.25) is 0 Å². The number of methoxy groups -OCH3 is 1. The molecular weight excluding hydrogens is 572 g/mol. The first-order valence-corrected chi connectivity index (χ1v) is 14.3. The van der Waals surface area contributed by atoms with Crippen molar-refractivity contribution in [3.8, 4) is 28.1 Å². The summed E-state index contributed by atoms with van der Waals surface area (Å²) in [7, 11) is 1.27. The van der Waals surface area contributed by atoms with Gasteiger partial charge in [-0.25, -0.2) is 13.8 Å². The van der Waals surface area contributed by atoms with Crippen molar-refractivity contribution in [2.75, 3.05) is 12.8 Å². The second kappa shape index (κ2) is 10.5. The van der Waals surface area contributed by atoms with Gasteiger partial charge in [-0.05, 0) is 44.7 Å². The largest absolute Gasteiger partial charge is 0.494 e. The number of aromatic nitrogens is 4. The van der Waals surface area contributed by atoms with Crippen LogP contribution < -0.4 is 21.2 Å². The number of amides is 1. The number of rotatable bonds is 6. The molecule has 3 aliphatic rings. The highest BCUT2D eigenvalue weighted by atomic mass is 19.1. The van der Waals surface area contributed by atoms with Gasteiger partial charge in [0.25, 0.3) is 5.91 Å². The third kappa shape index (κ3) is 4.39. The SMILES string of the molecule is COc1cc(F)c(-c2ccc(-c3cnn4c(N)c(C(C)=O)c(C5CC6CC[C@@H](C5)N6C(=O)C5NC=NN5)nc34)cn2)cc1F. The number of ketones is 1. The third-order valence-corrected chi connectivity index (χ3v) is 8.79. The van der Waals surface area contributed by atoms with Crippen molar-refractivity contribution in [2.45, 2.75) is 56.8 Å². The summed E-state index contributed by atoms with van der Waals surface area (Å²) in [5, 5.41) is 11.3. The molecule has 1 amide bonds. The van der Waals surface area contributed by atoms with Crippen LogP contribution in [0, 0.1) is 11.6 Å². The highest BCUT2D eigenvalue weighted by Gasteiger charge is 2.46. The van der Waals surface area contributed by atoms with Gasteiger partial charge in [0.05, 0.1) is 30.3 Å². The van der Waals surface area contributed by atoms with Crippen LogP contribution in [-0.4, -0.2) is 67.9 Å². The molecule has 1 aromatic carbocycles. The fourth-order valence-corrected chi connectivity index (χ4v) is 6.78. The number of carbonyl (C=O) groups is 2. The van der Waals surface area contributed by atoms with E-state index in [2.05, 4.69) is 25.9 Å². The highest BCUT2D eigenvalue weighted by molar-refractivity contribution is 6.00. The van der Waals surface area contributed by atoms with Crippen LogP contribution in [0.1, 0.15) is 54.6 Å².